The fourth-order valence-electron chi connectivity index (χ4n) is 3.57. The average molecular weight is 323 g/mol. The second kappa shape index (κ2) is 7.62. The smallest absolute Gasteiger partial charge is 0.227 e. The molecule has 1 saturated carbocycles. The van der Waals surface area contributed by atoms with Crippen molar-refractivity contribution in [2.24, 2.45) is 11.8 Å². The van der Waals surface area contributed by atoms with Gasteiger partial charge in [0, 0.05) is 45.8 Å². The molecule has 1 aliphatic carbocycles. The first-order chi connectivity index (χ1) is 11.2. The van der Waals surface area contributed by atoms with Gasteiger partial charge >= 0.3 is 0 Å². The summed E-state index contributed by atoms with van der Waals surface area (Å²) in [6, 6.07) is 0.558. The summed E-state index contributed by atoms with van der Waals surface area (Å²) >= 11 is 0. The first-order valence-electron chi connectivity index (χ1n) is 8.96. The van der Waals surface area contributed by atoms with Gasteiger partial charge in [-0.15, -0.1) is 0 Å². The summed E-state index contributed by atoms with van der Waals surface area (Å²) < 4.78 is 5.02. The maximum Gasteiger partial charge on any atom is 0.227 e. The molecular weight excluding hydrogens is 294 g/mol. The van der Waals surface area contributed by atoms with Crippen LogP contribution in [0.15, 0.2) is 0 Å². The number of methoxy groups -OCH3 is 1. The van der Waals surface area contributed by atoms with E-state index in [0.29, 0.717) is 32.2 Å². The average Bonchev–Trinajstić information content (AvgIpc) is 3.33. The minimum atomic E-state index is -0.157. The number of carbonyl (C=O) groups excluding carboxylic acids is 2. The van der Waals surface area contributed by atoms with Gasteiger partial charge in [0.15, 0.2) is 0 Å². The summed E-state index contributed by atoms with van der Waals surface area (Å²) in [6.07, 6.45) is 5.18. The highest BCUT2D eigenvalue weighted by molar-refractivity contribution is 5.89. The quantitative estimate of drug-likeness (QED) is 0.740. The lowest BCUT2D eigenvalue weighted by Crippen LogP contribution is -2.47. The number of hydrogen-bond donors (Lipinski definition) is 1. The molecule has 0 aromatic heterocycles. The lowest BCUT2D eigenvalue weighted by molar-refractivity contribution is -0.136. The molecular formula is C17H29N3O3. The minimum absolute atomic E-state index is 0.0846. The molecule has 2 heterocycles. The van der Waals surface area contributed by atoms with E-state index in [4.69, 9.17) is 4.74 Å². The second-order valence-corrected chi connectivity index (χ2v) is 7.18. The van der Waals surface area contributed by atoms with Crippen LogP contribution in [0.1, 0.15) is 32.1 Å². The third-order valence-corrected chi connectivity index (χ3v) is 5.33. The number of nitrogens with zero attached hydrogens (tertiary/aromatic N) is 2. The van der Waals surface area contributed by atoms with Crippen molar-refractivity contribution in [2.75, 3.05) is 46.4 Å². The van der Waals surface area contributed by atoms with Crippen LogP contribution < -0.4 is 5.32 Å². The zero-order valence-corrected chi connectivity index (χ0v) is 14.1. The van der Waals surface area contributed by atoms with E-state index in [0.717, 1.165) is 38.4 Å². The van der Waals surface area contributed by atoms with E-state index < -0.39 is 0 Å². The van der Waals surface area contributed by atoms with Crippen molar-refractivity contribution in [1.82, 2.24) is 15.1 Å². The van der Waals surface area contributed by atoms with Crippen molar-refractivity contribution in [3.8, 4) is 0 Å². The topological polar surface area (TPSA) is 61.9 Å². The van der Waals surface area contributed by atoms with Gasteiger partial charge in [0.1, 0.15) is 0 Å². The number of rotatable bonds is 7. The molecule has 6 heteroatoms. The molecule has 2 saturated heterocycles. The first kappa shape index (κ1) is 16.7. The van der Waals surface area contributed by atoms with E-state index in [1.54, 1.807) is 12.0 Å². The van der Waals surface area contributed by atoms with Crippen LogP contribution in [0, 0.1) is 11.8 Å². The SMILES string of the molecule is COCCN1CC(C(=O)N2CCC(NCC3CC3)CC2)CC1=O. The molecule has 6 nitrogen and oxygen atoms in total. The third kappa shape index (κ3) is 4.44. The van der Waals surface area contributed by atoms with Gasteiger partial charge in [0.2, 0.25) is 11.8 Å². The molecule has 1 atom stereocenters. The minimum Gasteiger partial charge on any atom is -0.383 e. The van der Waals surface area contributed by atoms with Gasteiger partial charge in [0.05, 0.1) is 12.5 Å². The fourth-order valence-corrected chi connectivity index (χ4v) is 3.57. The van der Waals surface area contributed by atoms with Crippen molar-refractivity contribution in [2.45, 2.75) is 38.1 Å². The summed E-state index contributed by atoms with van der Waals surface area (Å²) in [5.41, 5.74) is 0. The largest absolute Gasteiger partial charge is 0.383 e. The Labute approximate surface area is 138 Å². The van der Waals surface area contributed by atoms with Crippen molar-refractivity contribution in [3.05, 3.63) is 0 Å². The molecule has 0 aromatic carbocycles. The Morgan fingerprint density at radius 1 is 1.26 bits per heavy atom. The molecule has 3 rings (SSSR count). The lowest BCUT2D eigenvalue weighted by atomic mass is 10.0. The van der Waals surface area contributed by atoms with E-state index in [1.165, 1.54) is 12.8 Å². The molecule has 130 valence electrons. The number of carbonyl (C=O) groups is 2. The van der Waals surface area contributed by atoms with Crippen molar-refractivity contribution >= 4 is 11.8 Å². The number of amides is 2. The van der Waals surface area contributed by atoms with Crippen LogP contribution in [-0.4, -0.2) is 74.1 Å². The van der Waals surface area contributed by atoms with Gasteiger partial charge in [-0.25, -0.2) is 0 Å². The van der Waals surface area contributed by atoms with Crippen LogP contribution >= 0.6 is 0 Å². The van der Waals surface area contributed by atoms with Crippen LogP contribution in [0.3, 0.4) is 0 Å². The first-order valence-corrected chi connectivity index (χ1v) is 8.96. The standard InChI is InChI=1S/C17H29N3O3/c1-23-9-8-20-12-14(10-16(20)21)17(22)19-6-4-15(5-7-19)18-11-13-2-3-13/h13-15,18H,2-12H2,1H3. The molecule has 0 aromatic rings. The van der Waals surface area contributed by atoms with Crippen LogP contribution in [0.25, 0.3) is 0 Å². The zero-order valence-electron chi connectivity index (χ0n) is 14.1. The van der Waals surface area contributed by atoms with Crippen molar-refractivity contribution in [1.29, 1.82) is 0 Å². The van der Waals surface area contributed by atoms with Crippen molar-refractivity contribution in [3.63, 3.8) is 0 Å². The van der Waals surface area contributed by atoms with E-state index in [9.17, 15) is 9.59 Å². The molecule has 0 bridgehead atoms. The van der Waals surface area contributed by atoms with E-state index in [-0.39, 0.29) is 17.7 Å². The summed E-state index contributed by atoms with van der Waals surface area (Å²) in [4.78, 5) is 28.3. The van der Waals surface area contributed by atoms with Crippen LogP contribution in [0.4, 0.5) is 0 Å². The summed E-state index contributed by atoms with van der Waals surface area (Å²) in [5, 5.41) is 3.64. The summed E-state index contributed by atoms with van der Waals surface area (Å²) in [5.74, 6) is 0.993. The molecule has 1 N–H and O–H groups in total. The summed E-state index contributed by atoms with van der Waals surface area (Å²) in [7, 11) is 1.63. The van der Waals surface area contributed by atoms with Gasteiger partial charge in [-0.1, -0.05) is 0 Å². The van der Waals surface area contributed by atoms with E-state index in [1.807, 2.05) is 4.90 Å². The molecule has 2 aliphatic heterocycles. The van der Waals surface area contributed by atoms with Crippen LogP contribution in [-0.2, 0) is 14.3 Å². The Kier molecular flexibility index (Phi) is 5.54. The number of ether oxygens (including phenoxy) is 1. The number of hydrogen-bond acceptors (Lipinski definition) is 4. The highest BCUT2D eigenvalue weighted by Crippen LogP contribution is 2.28. The predicted octanol–water partition coefficient (Wildman–Crippen LogP) is 0.472. The molecule has 0 spiro atoms. The predicted molar refractivity (Wildman–Crippen MR) is 86.9 cm³/mol. The maximum atomic E-state index is 12.6. The highest BCUT2D eigenvalue weighted by atomic mass is 16.5. The third-order valence-electron chi connectivity index (χ3n) is 5.33. The Morgan fingerprint density at radius 3 is 2.65 bits per heavy atom. The number of likely N-dealkylation sites (tertiary alicyclic amines) is 2. The Morgan fingerprint density at radius 2 is 2.00 bits per heavy atom. The lowest BCUT2D eigenvalue weighted by Gasteiger charge is -2.34. The van der Waals surface area contributed by atoms with Gasteiger partial charge in [-0.2, -0.15) is 0 Å². The summed E-state index contributed by atoms with van der Waals surface area (Å²) in [6.45, 7) is 4.47. The molecule has 0 radical (unpaired) electrons. The Bertz CT molecular complexity index is 431. The Balaban J connectivity index is 1.41. The molecule has 2 amide bonds. The van der Waals surface area contributed by atoms with Crippen molar-refractivity contribution < 1.29 is 14.3 Å². The zero-order chi connectivity index (χ0) is 16.2. The Hall–Kier alpha value is -1.14. The normalized spacial score (nSPS) is 26.1. The molecule has 1 unspecified atom stereocenters. The fraction of sp³-hybridized carbons (Fsp3) is 0.882. The van der Waals surface area contributed by atoms with Gasteiger partial charge in [-0.3, -0.25) is 9.59 Å². The van der Waals surface area contributed by atoms with Gasteiger partial charge < -0.3 is 19.9 Å². The molecule has 3 fully saturated rings. The maximum absolute atomic E-state index is 12.6. The van der Waals surface area contributed by atoms with Gasteiger partial charge in [0.25, 0.3) is 0 Å². The number of piperidine rings is 1. The van der Waals surface area contributed by atoms with Gasteiger partial charge in [-0.05, 0) is 38.1 Å². The van der Waals surface area contributed by atoms with Crippen LogP contribution in [0.2, 0.25) is 0 Å². The van der Waals surface area contributed by atoms with Crippen LogP contribution in [0.5, 0.6) is 0 Å². The highest BCUT2D eigenvalue weighted by Gasteiger charge is 2.37. The molecule has 3 aliphatic rings. The molecule has 23 heavy (non-hydrogen) atoms. The second-order valence-electron chi connectivity index (χ2n) is 7.18. The van der Waals surface area contributed by atoms with E-state index in [2.05, 4.69) is 5.32 Å². The van der Waals surface area contributed by atoms with E-state index >= 15 is 0 Å². The number of nitrogens with one attached hydrogen (secondary N) is 1. The monoisotopic (exact) mass is 323 g/mol.